The summed E-state index contributed by atoms with van der Waals surface area (Å²) < 4.78 is 103. The minimum atomic E-state index is -4.87. The zero-order valence-corrected chi connectivity index (χ0v) is 23.5. The number of hydrogen-bond donors (Lipinski definition) is 1. The molecule has 3 rings (SSSR count). The van der Waals surface area contributed by atoms with Crippen molar-refractivity contribution in [2.24, 2.45) is 0 Å². The second-order valence-electron chi connectivity index (χ2n) is 8.48. The molecular weight excluding hydrogens is 599 g/mol. The van der Waals surface area contributed by atoms with E-state index >= 15 is 4.39 Å². The van der Waals surface area contributed by atoms with Gasteiger partial charge in [0.05, 0.1) is 47.5 Å². The molecule has 2 aromatic carbocycles. The van der Waals surface area contributed by atoms with Gasteiger partial charge in [0.1, 0.15) is 10.8 Å². The zero-order valence-electron chi connectivity index (χ0n) is 21.1. The van der Waals surface area contributed by atoms with Gasteiger partial charge in [-0.05, 0) is 37.5 Å². The first-order chi connectivity index (χ1) is 18.8. The van der Waals surface area contributed by atoms with Crippen LogP contribution in [-0.4, -0.2) is 69.0 Å². The minimum absolute atomic E-state index is 0.0114. The van der Waals surface area contributed by atoms with Crippen LogP contribution in [0.1, 0.15) is 42.1 Å². The van der Waals surface area contributed by atoms with E-state index in [1.165, 1.54) is 19.2 Å². The molecule has 0 spiro atoms. The molecule has 3 aromatic rings. The van der Waals surface area contributed by atoms with E-state index in [9.17, 15) is 30.4 Å². The number of ether oxygens (including phenoxy) is 1. The summed E-state index contributed by atoms with van der Waals surface area (Å²) in [5.74, 6) is -8.63. The van der Waals surface area contributed by atoms with Gasteiger partial charge < -0.3 is 9.84 Å². The van der Waals surface area contributed by atoms with Crippen LogP contribution in [0.4, 0.5) is 18.9 Å². The Morgan fingerprint density at radius 3 is 2.38 bits per heavy atom. The molecular formula is C24H25ClF3N3O7S2. The number of aliphatic hydroxyl groups is 1. The van der Waals surface area contributed by atoms with Gasteiger partial charge in [0.15, 0.2) is 23.2 Å². The molecule has 0 aliphatic rings. The van der Waals surface area contributed by atoms with Crippen molar-refractivity contribution in [2.45, 2.75) is 26.2 Å². The van der Waals surface area contributed by atoms with Gasteiger partial charge in [-0.15, -0.1) is 0 Å². The molecule has 0 fully saturated rings. The Bertz CT molecular complexity index is 1620. The molecule has 218 valence electrons. The SMILES string of the molecule is CCCS(=O)(=O)N(c1cc(F)c(F)c(C(=O)c2ccc3ncc(Cl)nc3c2)c1F)S(=O)(=O)CCCCOCCO. The van der Waals surface area contributed by atoms with Crippen molar-refractivity contribution < 1.29 is 44.6 Å². The van der Waals surface area contributed by atoms with Crippen LogP contribution in [0.3, 0.4) is 0 Å². The first-order valence-corrected chi connectivity index (χ1v) is 15.5. The standard InChI is InChI=1S/C24H25ClF3N3O7S2/c1-2-10-39(34,35)31(40(36,37)11-4-3-8-38-9-7-32)19-13-16(26)22(27)21(23(19)28)24(33)15-5-6-17-18(12-15)30-20(25)14-29-17/h5-6,12-14,32H,2-4,7-11H2,1H3. The number of fused-ring (bicyclic) bond motifs is 1. The summed E-state index contributed by atoms with van der Waals surface area (Å²) in [6, 6.07) is 3.62. The van der Waals surface area contributed by atoms with Crippen LogP contribution < -0.4 is 3.71 Å². The second-order valence-corrected chi connectivity index (χ2v) is 13.0. The summed E-state index contributed by atoms with van der Waals surface area (Å²) in [6.07, 6.45) is 1.15. The Hall–Kier alpha value is -2.85. The highest BCUT2D eigenvalue weighted by Crippen LogP contribution is 2.33. The largest absolute Gasteiger partial charge is 0.394 e. The number of aromatic nitrogens is 2. The van der Waals surface area contributed by atoms with E-state index in [1.54, 1.807) is 0 Å². The number of carbonyl (C=O) groups excluding carboxylic acids is 1. The van der Waals surface area contributed by atoms with Crippen molar-refractivity contribution >= 4 is 54.2 Å². The van der Waals surface area contributed by atoms with Gasteiger partial charge in [-0.2, -0.15) is 3.71 Å². The smallest absolute Gasteiger partial charge is 0.248 e. The molecule has 0 bridgehead atoms. The van der Waals surface area contributed by atoms with E-state index < -0.39 is 66.0 Å². The number of anilines is 1. The summed E-state index contributed by atoms with van der Waals surface area (Å²) >= 11 is 5.81. The lowest BCUT2D eigenvalue weighted by Crippen LogP contribution is -2.41. The molecule has 0 atom stereocenters. The van der Waals surface area contributed by atoms with Crippen molar-refractivity contribution in [3.05, 3.63) is 64.2 Å². The number of ketones is 1. The van der Waals surface area contributed by atoms with Crippen LogP contribution in [0.5, 0.6) is 0 Å². The van der Waals surface area contributed by atoms with Crippen molar-refractivity contribution in [3.8, 4) is 0 Å². The third-order valence-electron chi connectivity index (χ3n) is 5.48. The summed E-state index contributed by atoms with van der Waals surface area (Å²) in [5.41, 5.74) is -2.85. The van der Waals surface area contributed by atoms with Crippen LogP contribution >= 0.6 is 11.6 Å². The zero-order chi connectivity index (χ0) is 29.7. The van der Waals surface area contributed by atoms with Crippen molar-refractivity contribution in [3.63, 3.8) is 0 Å². The number of rotatable bonds is 14. The molecule has 0 saturated heterocycles. The van der Waals surface area contributed by atoms with E-state index in [1.807, 2.05) is 0 Å². The lowest BCUT2D eigenvalue weighted by molar-refractivity contribution is 0.0905. The summed E-state index contributed by atoms with van der Waals surface area (Å²) in [4.78, 5) is 21.1. The summed E-state index contributed by atoms with van der Waals surface area (Å²) in [6.45, 7) is 1.24. The Labute approximate surface area is 233 Å². The van der Waals surface area contributed by atoms with Gasteiger partial charge in [0, 0.05) is 18.2 Å². The Kier molecular flexibility index (Phi) is 10.5. The maximum Gasteiger partial charge on any atom is 0.248 e. The molecule has 10 nitrogen and oxygen atoms in total. The third-order valence-corrected chi connectivity index (χ3v) is 10.2. The molecule has 0 unspecified atom stereocenters. The quantitative estimate of drug-likeness (QED) is 0.162. The first kappa shape index (κ1) is 31.7. The van der Waals surface area contributed by atoms with E-state index in [4.69, 9.17) is 21.4 Å². The normalized spacial score (nSPS) is 12.2. The molecule has 16 heteroatoms. The molecule has 0 radical (unpaired) electrons. The van der Waals surface area contributed by atoms with Gasteiger partial charge in [-0.25, -0.2) is 35.0 Å². The molecule has 1 aromatic heterocycles. The summed E-state index contributed by atoms with van der Waals surface area (Å²) in [5, 5.41) is 8.69. The topological polar surface area (TPSA) is 144 Å². The average molecular weight is 624 g/mol. The highest BCUT2D eigenvalue weighted by molar-refractivity contribution is 8.10. The van der Waals surface area contributed by atoms with Crippen molar-refractivity contribution in [2.75, 3.05) is 35.0 Å². The minimum Gasteiger partial charge on any atom is -0.394 e. The number of sulfonamides is 2. The first-order valence-electron chi connectivity index (χ1n) is 11.9. The molecule has 0 amide bonds. The van der Waals surface area contributed by atoms with Crippen LogP contribution in [0, 0.1) is 17.5 Å². The monoisotopic (exact) mass is 623 g/mol. The molecule has 1 N–H and O–H groups in total. The van der Waals surface area contributed by atoms with Gasteiger partial charge in [-0.3, -0.25) is 9.78 Å². The van der Waals surface area contributed by atoms with Crippen molar-refractivity contribution in [1.29, 1.82) is 0 Å². The van der Waals surface area contributed by atoms with E-state index in [0.29, 0.717) is 0 Å². The Morgan fingerprint density at radius 1 is 1.00 bits per heavy atom. The lowest BCUT2D eigenvalue weighted by atomic mass is 10.0. The molecule has 1 heterocycles. The molecule has 40 heavy (non-hydrogen) atoms. The van der Waals surface area contributed by atoms with E-state index in [-0.39, 0.29) is 70.6 Å². The maximum atomic E-state index is 15.8. The van der Waals surface area contributed by atoms with E-state index in [0.717, 1.165) is 12.1 Å². The van der Waals surface area contributed by atoms with Crippen LogP contribution in [-0.2, 0) is 24.8 Å². The maximum absolute atomic E-state index is 15.8. The molecule has 0 aliphatic heterocycles. The number of hydrogen-bond acceptors (Lipinski definition) is 9. The van der Waals surface area contributed by atoms with Gasteiger partial charge >= 0.3 is 0 Å². The van der Waals surface area contributed by atoms with Gasteiger partial charge in [0.25, 0.3) is 0 Å². The van der Waals surface area contributed by atoms with Gasteiger partial charge in [0.2, 0.25) is 20.0 Å². The number of benzene rings is 2. The van der Waals surface area contributed by atoms with Crippen LogP contribution in [0.15, 0.2) is 30.5 Å². The highest BCUT2D eigenvalue weighted by atomic mass is 35.5. The summed E-state index contributed by atoms with van der Waals surface area (Å²) in [7, 11) is -9.69. The lowest BCUT2D eigenvalue weighted by Gasteiger charge is -2.25. The predicted molar refractivity (Wildman–Crippen MR) is 142 cm³/mol. The Balaban J connectivity index is 2.11. The predicted octanol–water partition coefficient (Wildman–Crippen LogP) is 3.60. The number of halogens is 4. The molecule has 0 aliphatic carbocycles. The average Bonchev–Trinajstić information content (AvgIpc) is 2.88. The number of aliphatic hydroxyl groups excluding tert-OH is 1. The van der Waals surface area contributed by atoms with Crippen LogP contribution in [0.2, 0.25) is 5.15 Å². The van der Waals surface area contributed by atoms with Crippen LogP contribution in [0.25, 0.3) is 11.0 Å². The van der Waals surface area contributed by atoms with E-state index in [2.05, 4.69) is 9.97 Å². The number of unbranched alkanes of at least 4 members (excludes halogenated alkanes) is 1. The second kappa shape index (κ2) is 13.2. The Morgan fingerprint density at radius 2 is 1.70 bits per heavy atom. The number of carbonyl (C=O) groups is 1. The molecule has 0 saturated carbocycles. The third kappa shape index (κ3) is 7.07. The fourth-order valence-electron chi connectivity index (χ4n) is 3.75. The van der Waals surface area contributed by atoms with Crippen molar-refractivity contribution in [1.82, 2.24) is 9.97 Å². The number of nitrogens with zero attached hydrogens (tertiary/aromatic N) is 3. The highest BCUT2D eigenvalue weighted by Gasteiger charge is 2.38. The fourth-order valence-corrected chi connectivity index (χ4v) is 8.00. The fraction of sp³-hybridized carbons (Fsp3) is 0.375. The van der Waals surface area contributed by atoms with Gasteiger partial charge in [-0.1, -0.05) is 18.5 Å².